The van der Waals surface area contributed by atoms with Crippen LogP contribution in [0.1, 0.15) is 45.7 Å². The summed E-state index contributed by atoms with van der Waals surface area (Å²) in [6.07, 6.45) is 2.04. The highest BCUT2D eigenvalue weighted by atomic mass is 16.5. The second kappa shape index (κ2) is 5.85. The third kappa shape index (κ3) is 4.74. The quantitative estimate of drug-likeness (QED) is 0.755. The van der Waals surface area contributed by atoms with Crippen LogP contribution in [0.4, 0.5) is 0 Å². The van der Waals surface area contributed by atoms with Crippen LogP contribution in [0.3, 0.4) is 0 Å². The first-order valence-corrected chi connectivity index (χ1v) is 6.20. The van der Waals surface area contributed by atoms with Crippen LogP contribution in [-0.2, 0) is 14.9 Å². The Morgan fingerprint density at radius 2 is 1.72 bits per heavy atom. The van der Waals surface area contributed by atoms with Crippen LogP contribution in [0.25, 0.3) is 6.08 Å². The smallest absolute Gasteiger partial charge is 0.302 e. The van der Waals surface area contributed by atoms with Crippen molar-refractivity contribution < 1.29 is 9.53 Å². The van der Waals surface area contributed by atoms with Gasteiger partial charge in [-0.2, -0.15) is 0 Å². The molecule has 0 amide bonds. The Kier molecular flexibility index (Phi) is 4.71. The van der Waals surface area contributed by atoms with Gasteiger partial charge in [0.1, 0.15) is 6.61 Å². The lowest BCUT2D eigenvalue weighted by Crippen LogP contribution is -2.10. The van der Waals surface area contributed by atoms with Crippen LogP contribution in [0.15, 0.2) is 29.8 Å². The molecule has 1 aromatic rings. The third-order valence-electron chi connectivity index (χ3n) is 2.69. The Morgan fingerprint density at radius 3 is 2.17 bits per heavy atom. The first-order valence-electron chi connectivity index (χ1n) is 6.20. The maximum atomic E-state index is 10.7. The molecule has 2 heteroatoms. The number of rotatable bonds is 3. The Labute approximate surface area is 110 Å². The molecule has 1 rings (SSSR count). The minimum atomic E-state index is -0.245. The van der Waals surface area contributed by atoms with Gasteiger partial charge in [-0.15, -0.1) is 0 Å². The highest BCUT2D eigenvalue weighted by molar-refractivity contribution is 5.66. The van der Waals surface area contributed by atoms with Gasteiger partial charge < -0.3 is 4.74 Å². The Morgan fingerprint density at radius 1 is 1.17 bits per heavy atom. The van der Waals surface area contributed by atoms with Crippen molar-refractivity contribution in [2.75, 3.05) is 6.61 Å². The number of hydrogen-bond acceptors (Lipinski definition) is 2. The van der Waals surface area contributed by atoms with Crippen molar-refractivity contribution in [2.45, 2.75) is 40.0 Å². The molecule has 0 aliphatic rings. The van der Waals surface area contributed by atoms with E-state index in [0.717, 1.165) is 11.1 Å². The molecule has 1 aromatic carbocycles. The van der Waals surface area contributed by atoms with E-state index in [2.05, 4.69) is 45.0 Å². The molecule has 98 valence electrons. The fourth-order valence-electron chi connectivity index (χ4n) is 1.62. The van der Waals surface area contributed by atoms with Crippen LogP contribution in [0, 0.1) is 0 Å². The average molecular weight is 246 g/mol. The minimum absolute atomic E-state index is 0.176. The molecule has 0 aromatic heterocycles. The molecule has 2 nitrogen and oxygen atoms in total. The van der Waals surface area contributed by atoms with Crippen LogP contribution >= 0.6 is 0 Å². The highest BCUT2D eigenvalue weighted by Gasteiger charge is 2.12. The zero-order valence-electron chi connectivity index (χ0n) is 11.9. The van der Waals surface area contributed by atoms with E-state index in [1.54, 1.807) is 0 Å². The van der Waals surface area contributed by atoms with Gasteiger partial charge in [0, 0.05) is 6.92 Å². The molecule has 0 heterocycles. The van der Waals surface area contributed by atoms with Gasteiger partial charge in [0.05, 0.1) is 0 Å². The molecule has 0 N–H and O–H groups in total. The molecule has 0 radical (unpaired) electrons. The van der Waals surface area contributed by atoms with Crippen molar-refractivity contribution in [1.29, 1.82) is 0 Å². The van der Waals surface area contributed by atoms with Gasteiger partial charge in [-0.1, -0.05) is 51.1 Å². The zero-order chi connectivity index (χ0) is 13.8. The van der Waals surface area contributed by atoms with Gasteiger partial charge in [-0.25, -0.2) is 0 Å². The standard InChI is InChI=1S/C16H22O2/c1-12(11-18-13(2)17)10-14-6-8-15(9-7-14)16(3,4)5/h6-10H,11H2,1-5H3/b12-10+. The van der Waals surface area contributed by atoms with E-state index in [4.69, 9.17) is 4.74 Å². The SMILES string of the molecule is CC(=O)OC/C(C)=C/c1ccc(C(C)(C)C)cc1. The van der Waals surface area contributed by atoms with E-state index in [-0.39, 0.29) is 11.4 Å². The van der Waals surface area contributed by atoms with Gasteiger partial charge in [0.25, 0.3) is 0 Å². The van der Waals surface area contributed by atoms with Crippen molar-refractivity contribution in [3.8, 4) is 0 Å². The van der Waals surface area contributed by atoms with Gasteiger partial charge in [0.2, 0.25) is 0 Å². The first kappa shape index (κ1) is 14.5. The summed E-state index contributed by atoms with van der Waals surface area (Å²) >= 11 is 0. The molecule has 0 atom stereocenters. The monoisotopic (exact) mass is 246 g/mol. The zero-order valence-corrected chi connectivity index (χ0v) is 11.9. The molecule has 0 unspecified atom stereocenters. The third-order valence-corrected chi connectivity index (χ3v) is 2.69. The largest absolute Gasteiger partial charge is 0.461 e. The molecule has 0 aliphatic heterocycles. The molecule has 0 fully saturated rings. The lowest BCUT2D eigenvalue weighted by molar-refractivity contribution is -0.139. The van der Waals surface area contributed by atoms with E-state index in [1.165, 1.54) is 12.5 Å². The highest BCUT2D eigenvalue weighted by Crippen LogP contribution is 2.22. The van der Waals surface area contributed by atoms with Gasteiger partial charge in [-0.05, 0) is 29.0 Å². The second-order valence-electron chi connectivity index (χ2n) is 5.64. The molecular weight excluding hydrogens is 224 g/mol. The topological polar surface area (TPSA) is 26.3 Å². The van der Waals surface area contributed by atoms with Crippen molar-refractivity contribution in [3.63, 3.8) is 0 Å². The lowest BCUT2D eigenvalue weighted by Gasteiger charge is -2.18. The van der Waals surface area contributed by atoms with Crippen molar-refractivity contribution in [3.05, 3.63) is 41.0 Å². The summed E-state index contributed by atoms with van der Waals surface area (Å²) in [5.74, 6) is -0.245. The number of esters is 1. The molecule has 0 bridgehead atoms. The summed E-state index contributed by atoms with van der Waals surface area (Å²) < 4.78 is 4.95. The first-order chi connectivity index (χ1) is 8.29. The van der Waals surface area contributed by atoms with Crippen LogP contribution in [0.5, 0.6) is 0 Å². The lowest BCUT2D eigenvalue weighted by atomic mass is 9.86. The Bertz CT molecular complexity index is 433. The van der Waals surface area contributed by atoms with Gasteiger partial charge >= 0.3 is 5.97 Å². The fourth-order valence-corrected chi connectivity index (χ4v) is 1.62. The summed E-state index contributed by atoms with van der Waals surface area (Å²) in [5.41, 5.74) is 3.66. The Hall–Kier alpha value is -1.57. The normalized spacial score (nSPS) is 12.4. The number of benzene rings is 1. The maximum absolute atomic E-state index is 10.7. The molecule has 0 saturated carbocycles. The van der Waals surface area contributed by atoms with E-state index in [0.29, 0.717) is 6.61 Å². The predicted octanol–water partition coefficient (Wildman–Crippen LogP) is 3.95. The van der Waals surface area contributed by atoms with E-state index >= 15 is 0 Å². The molecule has 18 heavy (non-hydrogen) atoms. The van der Waals surface area contributed by atoms with Gasteiger partial charge in [0.15, 0.2) is 0 Å². The summed E-state index contributed by atoms with van der Waals surface area (Å²) in [4.78, 5) is 10.7. The maximum Gasteiger partial charge on any atom is 0.302 e. The molecule has 0 aliphatic carbocycles. The van der Waals surface area contributed by atoms with E-state index in [9.17, 15) is 4.79 Å². The second-order valence-corrected chi connectivity index (χ2v) is 5.64. The number of hydrogen-bond donors (Lipinski definition) is 0. The average Bonchev–Trinajstić information content (AvgIpc) is 2.26. The Balaban J connectivity index is 2.74. The molecular formula is C16H22O2. The van der Waals surface area contributed by atoms with Gasteiger partial charge in [-0.3, -0.25) is 4.79 Å². The summed E-state index contributed by atoms with van der Waals surface area (Å²) in [7, 11) is 0. The van der Waals surface area contributed by atoms with Crippen molar-refractivity contribution in [2.24, 2.45) is 0 Å². The summed E-state index contributed by atoms with van der Waals surface area (Å²) in [6, 6.07) is 8.48. The predicted molar refractivity (Wildman–Crippen MR) is 75.4 cm³/mol. The molecule has 0 spiro atoms. The van der Waals surface area contributed by atoms with E-state index in [1.807, 2.05) is 13.0 Å². The summed E-state index contributed by atoms with van der Waals surface area (Å²) in [5, 5.41) is 0. The van der Waals surface area contributed by atoms with Crippen molar-refractivity contribution >= 4 is 12.0 Å². The number of carbonyl (C=O) groups excluding carboxylic acids is 1. The minimum Gasteiger partial charge on any atom is -0.461 e. The van der Waals surface area contributed by atoms with E-state index < -0.39 is 0 Å². The summed E-state index contributed by atoms with van der Waals surface area (Å²) in [6.45, 7) is 10.3. The number of carbonyl (C=O) groups is 1. The van der Waals surface area contributed by atoms with Crippen LogP contribution < -0.4 is 0 Å². The number of ether oxygens (including phenoxy) is 1. The molecule has 0 saturated heterocycles. The van der Waals surface area contributed by atoms with Crippen LogP contribution in [-0.4, -0.2) is 12.6 Å². The van der Waals surface area contributed by atoms with Crippen LogP contribution in [0.2, 0.25) is 0 Å². The fraction of sp³-hybridized carbons (Fsp3) is 0.438. The van der Waals surface area contributed by atoms with Crippen molar-refractivity contribution in [1.82, 2.24) is 0 Å².